The second kappa shape index (κ2) is 18.6. The Labute approximate surface area is 323 Å². The summed E-state index contributed by atoms with van der Waals surface area (Å²) in [7, 11) is 3.22. The molecule has 1 saturated carbocycles. The lowest BCUT2D eigenvalue weighted by molar-refractivity contribution is -0.253. The maximum Gasteiger partial charge on any atom is 0.410 e. The molecule has 3 aliphatic rings. The van der Waals surface area contributed by atoms with E-state index in [2.05, 4.69) is 17.8 Å². The number of carbonyl (C=O) groups is 2. The van der Waals surface area contributed by atoms with Crippen molar-refractivity contribution in [3.8, 4) is 17.2 Å². The Bertz CT molecular complexity index is 1850. The minimum absolute atomic E-state index is 0.0554. The smallest absolute Gasteiger partial charge is 0.410 e. The topological polar surface area (TPSA) is 136 Å². The van der Waals surface area contributed by atoms with Gasteiger partial charge in [-0.2, -0.15) is 0 Å². The van der Waals surface area contributed by atoms with Crippen LogP contribution >= 0.6 is 0 Å². The molecule has 1 amide bonds. The molecule has 0 unspecified atom stereocenters. The van der Waals surface area contributed by atoms with E-state index in [0.29, 0.717) is 41.4 Å². The summed E-state index contributed by atoms with van der Waals surface area (Å²) >= 11 is 0. The Kier molecular flexibility index (Phi) is 13.4. The normalized spacial score (nSPS) is 24.4. The van der Waals surface area contributed by atoms with E-state index < -0.39 is 23.8 Å². The Balaban J connectivity index is 1.51. The summed E-state index contributed by atoms with van der Waals surface area (Å²) in [6, 6.07) is 21.5. The fourth-order valence-corrected chi connectivity index (χ4v) is 8.64. The summed E-state index contributed by atoms with van der Waals surface area (Å²) in [6.07, 6.45) is 9.06. The second-order valence-corrected chi connectivity index (χ2v) is 14.4. The predicted molar refractivity (Wildman–Crippen MR) is 208 cm³/mol. The molecule has 0 aromatic heterocycles. The highest BCUT2D eigenvalue weighted by atomic mass is 16.7. The van der Waals surface area contributed by atoms with Crippen molar-refractivity contribution in [3.05, 3.63) is 114 Å². The summed E-state index contributed by atoms with van der Waals surface area (Å²) in [5.41, 5.74) is 3.91. The standard InChI is InChI=1S/C44H52N2O9/c1-4-23-53-44-40(46(2)43(50)52-29-30-13-6-5-7-14-30)27-38(45-51-3)36-25-32(16-8-10-21-47)35(18-9-11-22-48)41(42(36)44)37-26-34(19-20-39(37)55-44)54-33-17-12-15-31(24-33)28-49/h4-7,12-15,17,19-20,24-26,28,32,35,40-42,47-48H,1,8-11,16,18,21-23,27,29H2,2-3H3/t32-,35+,40-,41+,42+,44+/m0/s1. The Morgan fingerprint density at radius 2 is 1.76 bits per heavy atom. The minimum Gasteiger partial charge on any atom is -0.459 e. The molecule has 2 N–H and O–H groups in total. The van der Waals surface area contributed by atoms with Gasteiger partial charge < -0.3 is 38.9 Å². The van der Waals surface area contributed by atoms with Crippen molar-refractivity contribution in [2.75, 3.05) is 34.0 Å². The average molecular weight is 753 g/mol. The molecule has 3 aromatic carbocycles. The number of hydrogen-bond donors (Lipinski definition) is 2. The number of amides is 1. The number of aliphatic hydroxyl groups is 2. The lowest BCUT2D eigenvalue weighted by Crippen LogP contribution is -2.69. The van der Waals surface area contributed by atoms with Crippen LogP contribution in [0.4, 0.5) is 4.79 Å². The van der Waals surface area contributed by atoms with Gasteiger partial charge >= 0.3 is 6.09 Å². The zero-order chi connectivity index (χ0) is 38.8. The third-order valence-electron chi connectivity index (χ3n) is 11.0. The molecule has 292 valence electrons. The average Bonchev–Trinajstić information content (AvgIpc) is 3.21. The molecule has 11 heteroatoms. The number of carbonyl (C=O) groups excluding carboxylic acids is 2. The van der Waals surface area contributed by atoms with Gasteiger partial charge in [-0.1, -0.05) is 72.6 Å². The third-order valence-corrected chi connectivity index (χ3v) is 11.0. The molecule has 11 nitrogen and oxygen atoms in total. The van der Waals surface area contributed by atoms with Crippen molar-refractivity contribution >= 4 is 18.1 Å². The first kappa shape index (κ1) is 39.7. The molecular weight excluding hydrogens is 700 g/mol. The van der Waals surface area contributed by atoms with Crippen LogP contribution in [-0.4, -0.2) is 79.0 Å². The zero-order valence-corrected chi connectivity index (χ0v) is 31.7. The summed E-state index contributed by atoms with van der Waals surface area (Å²) in [5.74, 6) is -0.217. The number of unbranched alkanes of at least 4 members (excludes halogenated alkanes) is 2. The van der Waals surface area contributed by atoms with Gasteiger partial charge in [0.05, 0.1) is 18.2 Å². The van der Waals surface area contributed by atoms with Crippen LogP contribution in [0, 0.1) is 17.8 Å². The van der Waals surface area contributed by atoms with E-state index in [9.17, 15) is 19.8 Å². The quantitative estimate of drug-likeness (QED) is 0.0577. The van der Waals surface area contributed by atoms with E-state index in [4.69, 9.17) is 23.8 Å². The summed E-state index contributed by atoms with van der Waals surface area (Å²) < 4.78 is 26.3. The van der Waals surface area contributed by atoms with E-state index in [-0.39, 0.29) is 50.6 Å². The number of nitrogens with zero attached hydrogens (tertiary/aromatic N) is 2. The molecule has 6 atom stereocenters. The molecule has 0 spiro atoms. The van der Waals surface area contributed by atoms with Crippen LogP contribution in [0.1, 0.15) is 72.3 Å². The van der Waals surface area contributed by atoms with E-state index in [0.717, 1.165) is 48.7 Å². The Hall–Kier alpha value is -4.97. The molecular formula is C44H52N2O9. The summed E-state index contributed by atoms with van der Waals surface area (Å²) in [6.45, 7) is 4.40. The molecule has 3 aromatic rings. The van der Waals surface area contributed by atoms with Crippen molar-refractivity contribution in [2.45, 2.75) is 69.3 Å². The number of benzene rings is 3. The van der Waals surface area contributed by atoms with Gasteiger partial charge in [0.1, 0.15) is 43.3 Å². The monoisotopic (exact) mass is 752 g/mol. The highest BCUT2D eigenvalue weighted by molar-refractivity contribution is 6.02. The molecule has 1 heterocycles. The first-order valence-electron chi connectivity index (χ1n) is 19.2. The van der Waals surface area contributed by atoms with Crippen LogP contribution in [0.3, 0.4) is 0 Å². The number of hydrogen-bond acceptors (Lipinski definition) is 10. The molecule has 2 aliphatic carbocycles. The SMILES string of the molecule is C=CCO[C@@]12Oc3ccc(Oc4cccc(C=O)c4)cc3[C@H]3[C@H](CCCCO)[C@@H](CCCCO)C=C(C(=NOC)C[C@@H]1N(C)C(=O)OCc1ccccc1)[C@H]32. The minimum atomic E-state index is -1.39. The van der Waals surface area contributed by atoms with Gasteiger partial charge in [0.15, 0.2) is 0 Å². The van der Waals surface area contributed by atoms with Crippen molar-refractivity contribution in [2.24, 2.45) is 22.9 Å². The van der Waals surface area contributed by atoms with E-state index >= 15 is 0 Å². The lowest BCUT2D eigenvalue weighted by Gasteiger charge is -2.59. The first-order chi connectivity index (χ1) is 26.9. The highest BCUT2D eigenvalue weighted by Crippen LogP contribution is 2.62. The number of oxime groups is 1. The fraction of sp³-hybridized carbons (Fsp3) is 0.432. The molecule has 1 fully saturated rings. The van der Waals surface area contributed by atoms with Gasteiger partial charge in [0, 0.05) is 43.7 Å². The van der Waals surface area contributed by atoms with Gasteiger partial charge in [0.25, 0.3) is 0 Å². The van der Waals surface area contributed by atoms with Crippen molar-refractivity contribution in [3.63, 3.8) is 0 Å². The largest absolute Gasteiger partial charge is 0.459 e. The van der Waals surface area contributed by atoms with Gasteiger partial charge in [-0.15, -0.1) is 6.58 Å². The number of aliphatic hydroxyl groups excluding tert-OH is 2. The number of ether oxygens (including phenoxy) is 4. The number of rotatable bonds is 18. The predicted octanol–water partition coefficient (Wildman–Crippen LogP) is 7.82. The van der Waals surface area contributed by atoms with Crippen LogP contribution in [0.15, 0.2) is 102 Å². The third kappa shape index (κ3) is 8.64. The van der Waals surface area contributed by atoms with E-state index in [1.165, 1.54) is 7.11 Å². The summed E-state index contributed by atoms with van der Waals surface area (Å²) in [4.78, 5) is 32.6. The number of fused-ring (bicyclic) bond motifs is 2. The van der Waals surface area contributed by atoms with Gasteiger partial charge in [-0.3, -0.25) is 4.79 Å². The highest BCUT2D eigenvalue weighted by Gasteiger charge is 2.65. The maximum atomic E-state index is 14.0. The maximum absolute atomic E-state index is 14.0. The number of aldehydes is 1. The fourth-order valence-electron chi connectivity index (χ4n) is 8.64. The van der Waals surface area contributed by atoms with Crippen LogP contribution in [0.5, 0.6) is 17.2 Å². The molecule has 0 radical (unpaired) electrons. The van der Waals surface area contributed by atoms with Crippen LogP contribution in [0.25, 0.3) is 0 Å². The second-order valence-electron chi connectivity index (χ2n) is 14.4. The van der Waals surface area contributed by atoms with E-state index in [1.54, 1.807) is 42.3 Å². The van der Waals surface area contributed by atoms with Crippen molar-refractivity contribution < 1.29 is 43.6 Å². The van der Waals surface area contributed by atoms with Crippen LogP contribution < -0.4 is 9.47 Å². The molecule has 0 saturated heterocycles. The Morgan fingerprint density at radius 1 is 1.00 bits per heavy atom. The first-order valence-corrected chi connectivity index (χ1v) is 19.2. The van der Waals surface area contributed by atoms with E-state index in [1.807, 2.05) is 48.5 Å². The van der Waals surface area contributed by atoms with Crippen molar-refractivity contribution in [1.82, 2.24) is 4.90 Å². The van der Waals surface area contributed by atoms with Crippen molar-refractivity contribution in [1.29, 1.82) is 0 Å². The summed E-state index contributed by atoms with van der Waals surface area (Å²) in [5, 5.41) is 24.2. The number of allylic oxidation sites excluding steroid dienone is 1. The Morgan fingerprint density at radius 3 is 2.49 bits per heavy atom. The molecule has 6 rings (SSSR count). The zero-order valence-electron chi connectivity index (χ0n) is 31.7. The molecule has 0 bridgehead atoms. The van der Waals surface area contributed by atoms with Gasteiger partial charge in [-0.05, 0) is 79.0 Å². The lowest BCUT2D eigenvalue weighted by atomic mass is 9.55. The van der Waals surface area contributed by atoms with Gasteiger partial charge in [-0.25, -0.2) is 4.79 Å². The van der Waals surface area contributed by atoms with Crippen LogP contribution in [0.2, 0.25) is 0 Å². The molecule has 1 aliphatic heterocycles. The van der Waals surface area contributed by atoms with Crippen LogP contribution in [-0.2, 0) is 20.9 Å². The number of likely N-dealkylation sites (N-methyl/N-ethyl adjacent to an activating group) is 1. The van der Waals surface area contributed by atoms with Gasteiger partial charge in [0.2, 0.25) is 5.79 Å². The molecule has 55 heavy (non-hydrogen) atoms.